The van der Waals surface area contributed by atoms with Gasteiger partial charge in [-0.2, -0.15) is 0 Å². The Hall–Kier alpha value is -0.120. The average molecular weight is 132 g/mol. The molecule has 0 bridgehead atoms. The van der Waals surface area contributed by atoms with Gasteiger partial charge in [-0.15, -0.1) is 0 Å². The van der Waals surface area contributed by atoms with Crippen LogP contribution in [0.3, 0.4) is 0 Å². The van der Waals surface area contributed by atoms with E-state index in [1.54, 1.807) is 6.92 Å². The van der Waals surface area contributed by atoms with E-state index in [1.807, 2.05) is 19.0 Å². The summed E-state index contributed by atoms with van der Waals surface area (Å²) < 4.78 is 0. The predicted octanol–water partition coefficient (Wildman–Crippen LogP) is -0.742. The summed E-state index contributed by atoms with van der Waals surface area (Å²) in [6.07, 6.45) is 0. The fourth-order valence-corrected chi connectivity index (χ4v) is 0.746. The van der Waals surface area contributed by atoms with Crippen LogP contribution in [0.1, 0.15) is 6.92 Å². The van der Waals surface area contributed by atoms with E-state index in [9.17, 15) is 5.11 Å². The lowest BCUT2D eigenvalue weighted by Gasteiger charge is -2.24. The van der Waals surface area contributed by atoms with E-state index in [0.29, 0.717) is 13.1 Å². The van der Waals surface area contributed by atoms with Crippen molar-refractivity contribution in [2.75, 3.05) is 27.2 Å². The van der Waals surface area contributed by atoms with Gasteiger partial charge in [0.2, 0.25) is 0 Å². The van der Waals surface area contributed by atoms with Crippen molar-refractivity contribution in [2.24, 2.45) is 5.73 Å². The summed E-state index contributed by atoms with van der Waals surface area (Å²) in [5, 5.41) is 9.33. The highest BCUT2D eigenvalue weighted by Crippen LogP contribution is 1.99. The molecule has 0 aromatic heterocycles. The first-order chi connectivity index (χ1) is 3.98. The van der Waals surface area contributed by atoms with Gasteiger partial charge in [0.05, 0.1) is 5.60 Å². The maximum absolute atomic E-state index is 9.33. The Balaban J connectivity index is 3.58. The first kappa shape index (κ1) is 8.88. The van der Waals surface area contributed by atoms with Crippen LogP contribution in [-0.4, -0.2) is 42.8 Å². The van der Waals surface area contributed by atoms with Crippen LogP contribution in [0.15, 0.2) is 0 Å². The molecule has 1 atom stereocenters. The number of aliphatic hydroxyl groups is 1. The second kappa shape index (κ2) is 3.15. The smallest absolute Gasteiger partial charge is 0.0867 e. The maximum atomic E-state index is 9.33. The van der Waals surface area contributed by atoms with Gasteiger partial charge in [-0.1, -0.05) is 0 Å². The first-order valence-corrected chi connectivity index (χ1v) is 3.05. The van der Waals surface area contributed by atoms with Crippen LogP contribution >= 0.6 is 0 Å². The minimum atomic E-state index is -0.733. The topological polar surface area (TPSA) is 49.5 Å². The molecule has 0 spiro atoms. The van der Waals surface area contributed by atoms with E-state index >= 15 is 0 Å². The van der Waals surface area contributed by atoms with Crippen molar-refractivity contribution in [1.82, 2.24) is 4.90 Å². The molecule has 9 heavy (non-hydrogen) atoms. The Labute approximate surface area is 56.5 Å². The number of nitrogens with two attached hydrogens (primary N) is 1. The molecule has 3 N–H and O–H groups in total. The molecule has 0 saturated heterocycles. The van der Waals surface area contributed by atoms with Gasteiger partial charge in [-0.05, 0) is 21.0 Å². The molecule has 0 heterocycles. The van der Waals surface area contributed by atoms with Gasteiger partial charge in [-0.25, -0.2) is 0 Å². The van der Waals surface area contributed by atoms with Crippen LogP contribution in [0.5, 0.6) is 0 Å². The largest absolute Gasteiger partial charge is 0.388 e. The Kier molecular flexibility index (Phi) is 3.11. The summed E-state index contributed by atoms with van der Waals surface area (Å²) in [6, 6.07) is 0. The highest BCUT2D eigenvalue weighted by molar-refractivity contribution is 4.75. The summed E-state index contributed by atoms with van der Waals surface area (Å²) in [5.74, 6) is 0. The predicted molar refractivity (Wildman–Crippen MR) is 38.2 cm³/mol. The zero-order valence-electron chi connectivity index (χ0n) is 6.39. The minimum Gasteiger partial charge on any atom is -0.388 e. The van der Waals surface area contributed by atoms with Crippen LogP contribution in [-0.2, 0) is 0 Å². The van der Waals surface area contributed by atoms with Crippen LogP contribution in [0.4, 0.5) is 0 Å². The number of rotatable bonds is 3. The second-order valence-electron chi connectivity index (χ2n) is 2.94. The van der Waals surface area contributed by atoms with E-state index in [4.69, 9.17) is 5.73 Å². The third-order valence-corrected chi connectivity index (χ3v) is 1.10. The van der Waals surface area contributed by atoms with E-state index in [2.05, 4.69) is 0 Å². The van der Waals surface area contributed by atoms with Gasteiger partial charge in [0.25, 0.3) is 0 Å². The van der Waals surface area contributed by atoms with Crippen molar-refractivity contribution in [2.45, 2.75) is 12.5 Å². The second-order valence-corrected chi connectivity index (χ2v) is 2.94. The Morgan fingerprint density at radius 3 is 2.11 bits per heavy atom. The quantitative estimate of drug-likeness (QED) is 0.531. The van der Waals surface area contributed by atoms with Gasteiger partial charge in [0, 0.05) is 13.1 Å². The number of hydrogen-bond donors (Lipinski definition) is 2. The van der Waals surface area contributed by atoms with Crippen LogP contribution < -0.4 is 5.73 Å². The number of nitrogens with zero attached hydrogens (tertiary/aromatic N) is 1. The molecule has 0 amide bonds. The molecule has 56 valence electrons. The molecule has 0 radical (unpaired) electrons. The molecule has 0 rings (SSSR count). The fraction of sp³-hybridized carbons (Fsp3) is 1.00. The summed E-state index contributed by atoms with van der Waals surface area (Å²) in [4.78, 5) is 1.91. The molecule has 3 nitrogen and oxygen atoms in total. The van der Waals surface area contributed by atoms with Crippen molar-refractivity contribution < 1.29 is 5.11 Å². The molecular weight excluding hydrogens is 116 g/mol. The minimum absolute atomic E-state index is 0.311. The first-order valence-electron chi connectivity index (χ1n) is 3.05. The Morgan fingerprint density at radius 2 is 2.00 bits per heavy atom. The molecule has 0 aliphatic rings. The van der Waals surface area contributed by atoms with Crippen LogP contribution in [0, 0.1) is 0 Å². The van der Waals surface area contributed by atoms with Gasteiger partial charge in [0.15, 0.2) is 0 Å². The fourth-order valence-electron chi connectivity index (χ4n) is 0.746. The SMILES string of the molecule is CN(C)CC(C)(O)CN. The molecule has 0 fully saturated rings. The molecule has 0 aromatic rings. The summed E-state index contributed by atoms with van der Waals surface area (Å²) >= 11 is 0. The van der Waals surface area contributed by atoms with Crippen molar-refractivity contribution in [3.8, 4) is 0 Å². The van der Waals surface area contributed by atoms with E-state index in [0.717, 1.165) is 0 Å². The Bertz CT molecular complexity index is 81.1. The lowest BCUT2D eigenvalue weighted by molar-refractivity contribution is 0.0420. The summed E-state index contributed by atoms with van der Waals surface area (Å²) in [6.45, 7) is 2.65. The summed E-state index contributed by atoms with van der Waals surface area (Å²) in [5.41, 5.74) is 4.55. The monoisotopic (exact) mass is 132 g/mol. The normalized spacial score (nSPS) is 18.0. The zero-order chi connectivity index (χ0) is 7.49. The molecule has 1 unspecified atom stereocenters. The van der Waals surface area contributed by atoms with E-state index in [1.165, 1.54) is 0 Å². The van der Waals surface area contributed by atoms with Crippen LogP contribution in [0.2, 0.25) is 0 Å². The molecule has 0 aliphatic heterocycles. The standard InChI is InChI=1S/C6H16N2O/c1-6(9,4-7)5-8(2)3/h9H,4-5,7H2,1-3H3. The summed E-state index contributed by atoms with van der Waals surface area (Å²) in [7, 11) is 3.81. The van der Waals surface area contributed by atoms with Gasteiger partial charge >= 0.3 is 0 Å². The lowest BCUT2D eigenvalue weighted by atomic mass is 10.1. The molecule has 0 aromatic carbocycles. The molecule has 3 heteroatoms. The van der Waals surface area contributed by atoms with Crippen molar-refractivity contribution >= 4 is 0 Å². The Morgan fingerprint density at radius 1 is 1.56 bits per heavy atom. The maximum Gasteiger partial charge on any atom is 0.0867 e. The van der Waals surface area contributed by atoms with Gasteiger partial charge in [0.1, 0.15) is 0 Å². The highest BCUT2D eigenvalue weighted by atomic mass is 16.3. The third kappa shape index (κ3) is 4.39. The van der Waals surface area contributed by atoms with Gasteiger partial charge < -0.3 is 15.7 Å². The average Bonchev–Trinajstić information content (AvgIpc) is 1.63. The lowest BCUT2D eigenvalue weighted by Crippen LogP contribution is -2.43. The van der Waals surface area contributed by atoms with Crippen molar-refractivity contribution in [3.05, 3.63) is 0 Å². The van der Waals surface area contributed by atoms with E-state index in [-0.39, 0.29) is 0 Å². The molecule has 0 saturated carbocycles. The number of likely N-dealkylation sites (N-methyl/N-ethyl adjacent to an activating group) is 1. The van der Waals surface area contributed by atoms with Crippen molar-refractivity contribution in [1.29, 1.82) is 0 Å². The number of hydrogen-bond acceptors (Lipinski definition) is 3. The van der Waals surface area contributed by atoms with Gasteiger partial charge in [-0.3, -0.25) is 0 Å². The zero-order valence-corrected chi connectivity index (χ0v) is 6.39. The molecule has 0 aliphatic carbocycles. The molecular formula is C6H16N2O. The van der Waals surface area contributed by atoms with E-state index < -0.39 is 5.60 Å². The third-order valence-electron chi connectivity index (χ3n) is 1.10. The van der Waals surface area contributed by atoms with Crippen LogP contribution in [0.25, 0.3) is 0 Å². The van der Waals surface area contributed by atoms with Crippen molar-refractivity contribution in [3.63, 3.8) is 0 Å². The highest BCUT2D eigenvalue weighted by Gasteiger charge is 2.17.